The lowest BCUT2D eigenvalue weighted by atomic mass is 10.0. The zero-order chi connectivity index (χ0) is 19.1. The quantitative estimate of drug-likeness (QED) is 0.668. The summed E-state index contributed by atoms with van der Waals surface area (Å²) in [6, 6.07) is 9.05. The van der Waals surface area contributed by atoms with Crippen molar-refractivity contribution in [1.82, 2.24) is 0 Å². The first-order valence-corrected chi connectivity index (χ1v) is 8.80. The summed E-state index contributed by atoms with van der Waals surface area (Å²) in [4.78, 5) is 0. The van der Waals surface area contributed by atoms with Crippen LogP contribution in [-0.4, -0.2) is 37.2 Å². The SMILES string of the molecule is COc1ccc(CCc2cc(OC)c(OC)c(OC)c2)cc1OS(=O)O. The molecule has 7 nitrogen and oxygen atoms in total. The van der Waals surface area contributed by atoms with Crippen molar-refractivity contribution in [1.29, 1.82) is 0 Å². The van der Waals surface area contributed by atoms with Crippen molar-refractivity contribution >= 4 is 11.4 Å². The molecule has 0 aliphatic carbocycles. The van der Waals surface area contributed by atoms with Crippen molar-refractivity contribution in [2.75, 3.05) is 28.4 Å². The summed E-state index contributed by atoms with van der Waals surface area (Å²) >= 11 is -2.42. The molecule has 0 aromatic heterocycles. The van der Waals surface area contributed by atoms with E-state index in [-0.39, 0.29) is 5.75 Å². The second-order valence-corrected chi connectivity index (χ2v) is 5.92. The molecular formula is C18H22O7S. The van der Waals surface area contributed by atoms with Gasteiger partial charge < -0.3 is 23.1 Å². The lowest BCUT2D eigenvalue weighted by molar-refractivity contribution is 0.324. The molecule has 0 fully saturated rings. The molecule has 26 heavy (non-hydrogen) atoms. The Morgan fingerprint density at radius 2 is 1.31 bits per heavy atom. The van der Waals surface area contributed by atoms with Gasteiger partial charge in [0, 0.05) is 0 Å². The first-order chi connectivity index (χ1) is 12.5. The van der Waals surface area contributed by atoms with E-state index < -0.39 is 11.4 Å². The Morgan fingerprint density at radius 1 is 0.769 bits per heavy atom. The van der Waals surface area contributed by atoms with Gasteiger partial charge in [0.2, 0.25) is 5.75 Å². The van der Waals surface area contributed by atoms with Gasteiger partial charge in [-0.3, -0.25) is 4.55 Å². The van der Waals surface area contributed by atoms with Crippen LogP contribution in [0.3, 0.4) is 0 Å². The Bertz CT molecular complexity index is 751. The highest BCUT2D eigenvalue weighted by Crippen LogP contribution is 2.38. The van der Waals surface area contributed by atoms with Gasteiger partial charge in [0.1, 0.15) is 0 Å². The minimum absolute atomic E-state index is 0.218. The molecule has 0 saturated heterocycles. The number of aryl methyl sites for hydroxylation is 2. The predicted octanol–water partition coefficient (Wildman–Crippen LogP) is 3.02. The second kappa shape index (κ2) is 9.30. The summed E-state index contributed by atoms with van der Waals surface area (Å²) in [7, 11) is 6.18. The zero-order valence-electron chi connectivity index (χ0n) is 15.1. The normalized spacial score (nSPS) is 11.6. The van der Waals surface area contributed by atoms with Crippen molar-refractivity contribution in [2.45, 2.75) is 12.8 Å². The first kappa shape index (κ1) is 19.9. The highest BCUT2D eigenvalue weighted by atomic mass is 32.2. The van der Waals surface area contributed by atoms with E-state index in [9.17, 15) is 4.21 Å². The molecule has 142 valence electrons. The summed E-state index contributed by atoms with van der Waals surface area (Å²) in [6.45, 7) is 0. The van der Waals surface area contributed by atoms with Crippen LogP contribution in [0.1, 0.15) is 11.1 Å². The van der Waals surface area contributed by atoms with Crippen molar-refractivity contribution in [2.24, 2.45) is 0 Å². The van der Waals surface area contributed by atoms with Crippen LogP contribution in [0.25, 0.3) is 0 Å². The van der Waals surface area contributed by atoms with Crippen LogP contribution in [0.2, 0.25) is 0 Å². The van der Waals surface area contributed by atoms with Crippen molar-refractivity contribution in [3.63, 3.8) is 0 Å². The Balaban J connectivity index is 2.21. The maximum atomic E-state index is 10.9. The van der Waals surface area contributed by atoms with E-state index in [1.165, 1.54) is 7.11 Å². The van der Waals surface area contributed by atoms with Crippen molar-refractivity contribution < 1.29 is 31.9 Å². The lowest BCUT2D eigenvalue weighted by Gasteiger charge is -2.14. The summed E-state index contributed by atoms with van der Waals surface area (Å²) in [5.41, 5.74) is 1.93. The molecule has 0 aliphatic rings. The molecule has 0 radical (unpaired) electrons. The summed E-state index contributed by atoms with van der Waals surface area (Å²) < 4.78 is 45.9. The molecule has 0 bridgehead atoms. The Hall–Kier alpha value is -2.45. The van der Waals surface area contributed by atoms with Crippen LogP contribution in [0, 0.1) is 0 Å². The topological polar surface area (TPSA) is 83.5 Å². The van der Waals surface area contributed by atoms with E-state index in [0.717, 1.165) is 11.1 Å². The van der Waals surface area contributed by atoms with Gasteiger partial charge in [-0.15, -0.1) is 0 Å². The molecule has 2 aromatic rings. The number of hydrogen-bond acceptors (Lipinski definition) is 6. The number of hydrogen-bond donors (Lipinski definition) is 1. The highest BCUT2D eigenvalue weighted by molar-refractivity contribution is 7.74. The Morgan fingerprint density at radius 3 is 1.81 bits per heavy atom. The van der Waals surface area contributed by atoms with E-state index in [2.05, 4.69) is 0 Å². The third-order valence-corrected chi connectivity index (χ3v) is 4.14. The molecule has 0 saturated carbocycles. The maximum Gasteiger partial charge on any atom is 0.357 e. The van der Waals surface area contributed by atoms with E-state index in [4.69, 9.17) is 27.7 Å². The third-order valence-electron chi connectivity index (χ3n) is 3.82. The smallest absolute Gasteiger partial charge is 0.357 e. The van der Waals surface area contributed by atoms with Gasteiger partial charge >= 0.3 is 11.4 Å². The van der Waals surface area contributed by atoms with Crippen LogP contribution in [0.4, 0.5) is 0 Å². The van der Waals surface area contributed by atoms with Crippen molar-refractivity contribution in [3.05, 3.63) is 41.5 Å². The average Bonchev–Trinajstić information content (AvgIpc) is 2.65. The van der Waals surface area contributed by atoms with Gasteiger partial charge in [0.15, 0.2) is 23.0 Å². The van der Waals surface area contributed by atoms with Crippen LogP contribution >= 0.6 is 0 Å². The monoisotopic (exact) mass is 382 g/mol. The molecule has 0 amide bonds. The number of ether oxygens (including phenoxy) is 4. The van der Waals surface area contributed by atoms with Gasteiger partial charge in [-0.1, -0.05) is 6.07 Å². The zero-order valence-corrected chi connectivity index (χ0v) is 15.9. The number of methoxy groups -OCH3 is 4. The molecule has 1 atom stereocenters. The third kappa shape index (κ3) is 4.80. The minimum Gasteiger partial charge on any atom is -0.493 e. The first-order valence-electron chi connectivity index (χ1n) is 7.77. The maximum absolute atomic E-state index is 10.9. The molecule has 2 aromatic carbocycles. The van der Waals surface area contributed by atoms with Gasteiger partial charge in [0.05, 0.1) is 28.4 Å². The number of benzene rings is 2. The van der Waals surface area contributed by atoms with Crippen LogP contribution in [0.5, 0.6) is 28.7 Å². The molecule has 1 unspecified atom stereocenters. The number of rotatable bonds is 9. The standard InChI is InChI=1S/C18H22O7S/c1-21-14-8-7-12(9-15(14)25-26(19)20)5-6-13-10-16(22-2)18(24-4)17(11-13)23-3/h7-11H,5-6H2,1-4H3,(H,19,20). The molecule has 0 spiro atoms. The van der Waals surface area contributed by atoms with E-state index >= 15 is 0 Å². The lowest BCUT2D eigenvalue weighted by Crippen LogP contribution is -2.01. The fourth-order valence-electron chi connectivity index (χ4n) is 2.59. The molecule has 0 aliphatic heterocycles. The van der Waals surface area contributed by atoms with Gasteiger partial charge in [-0.05, 0) is 48.2 Å². The van der Waals surface area contributed by atoms with Crippen LogP contribution in [-0.2, 0) is 24.2 Å². The van der Waals surface area contributed by atoms with Crippen LogP contribution < -0.4 is 23.1 Å². The van der Waals surface area contributed by atoms with Gasteiger partial charge in [-0.2, -0.15) is 4.21 Å². The van der Waals surface area contributed by atoms with E-state index in [1.807, 2.05) is 18.2 Å². The summed E-state index contributed by atoms with van der Waals surface area (Å²) in [6.07, 6.45) is 1.38. The molecule has 0 heterocycles. The largest absolute Gasteiger partial charge is 0.493 e. The average molecular weight is 382 g/mol. The Kier molecular flexibility index (Phi) is 7.11. The van der Waals surface area contributed by atoms with Gasteiger partial charge in [0.25, 0.3) is 0 Å². The van der Waals surface area contributed by atoms with E-state index in [1.54, 1.807) is 33.5 Å². The molecular weight excluding hydrogens is 360 g/mol. The second-order valence-electron chi connectivity index (χ2n) is 5.32. The Labute approximate surface area is 155 Å². The fraction of sp³-hybridized carbons (Fsp3) is 0.333. The van der Waals surface area contributed by atoms with E-state index in [0.29, 0.717) is 35.8 Å². The molecule has 2 rings (SSSR count). The molecule has 1 N–H and O–H groups in total. The molecule has 8 heteroatoms. The van der Waals surface area contributed by atoms with Gasteiger partial charge in [-0.25, -0.2) is 0 Å². The predicted molar refractivity (Wildman–Crippen MR) is 97.9 cm³/mol. The fourth-order valence-corrected chi connectivity index (χ4v) is 2.87. The van der Waals surface area contributed by atoms with Crippen LogP contribution in [0.15, 0.2) is 30.3 Å². The minimum atomic E-state index is -2.42. The van der Waals surface area contributed by atoms with Crippen molar-refractivity contribution in [3.8, 4) is 28.7 Å². The highest BCUT2D eigenvalue weighted by Gasteiger charge is 2.14. The summed E-state index contributed by atoms with van der Waals surface area (Å²) in [5, 5.41) is 0. The summed E-state index contributed by atoms with van der Waals surface area (Å²) in [5.74, 6) is 2.34.